The molecule has 9 heteroatoms. The summed E-state index contributed by atoms with van der Waals surface area (Å²) < 4.78 is 13.9. The Bertz CT molecular complexity index is 1250. The summed E-state index contributed by atoms with van der Waals surface area (Å²) in [7, 11) is 0. The monoisotopic (exact) mass is 508 g/mol. The number of imide groups is 1. The molecular formula is C26H25FN4O2S2. The molecule has 0 radical (unpaired) electrons. The molecule has 1 saturated carbocycles. The molecule has 1 aliphatic carbocycles. The highest BCUT2D eigenvalue weighted by Crippen LogP contribution is 2.31. The number of nitrogens with one attached hydrogen (secondary N) is 2. The van der Waals surface area contributed by atoms with Gasteiger partial charge in [0.15, 0.2) is 0 Å². The number of thiophene rings is 1. The fraction of sp³-hybridized carbons (Fsp3) is 0.308. The third-order valence-corrected chi connectivity index (χ3v) is 8.12. The van der Waals surface area contributed by atoms with Gasteiger partial charge in [-0.3, -0.25) is 14.9 Å². The second-order valence-corrected chi connectivity index (χ2v) is 10.8. The summed E-state index contributed by atoms with van der Waals surface area (Å²) in [6.45, 7) is 0.719. The van der Waals surface area contributed by atoms with Gasteiger partial charge in [-0.1, -0.05) is 12.1 Å². The highest BCUT2D eigenvalue weighted by molar-refractivity contribution is 8.18. The van der Waals surface area contributed by atoms with Crippen LogP contribution in [0.1, 0.15) is 42.8 Å². The number of hydrogen-bond donors (Lipinski definition) is 2. The van der Waals surface area contributed by atoms with Gasteiger partial charge in [-0.2, -0.15) is 0 Å². The third kappa shape index (κ3) is 6.04. The largest absolute Gasteiger partial charge is 0.310 e. The number of amides is 2. The van der Waals surface area contributed by atoms with E-state index in [1.54, 1.807) is 35.7 Å². The van der Waals surface area contributed by atoms with Crippen molar-refractivity contribution < 1.29 is 14.0 Å². The van der Waals surface area contributed by atoms with Crippen LogP contribution in [0.4, 0.5) is 9.18 Å². The van der Waals surface area contributed by atoms with Gasteiger partial charge in [-0.15, -0.1) is 11.3 Å². The smallest absolute Gasteiger partial charge is 0.290 e. The van der Waals surface area contributed by atoms with Gasteiger partial charge in [0.1, 0.15) is 11.6 Å². The Labute approximate surface area is 211 Å². The zero-order chi connectivity index (χ0) is 24.2. The number of nitrogens with zero attached hydrogens (tertiary/aromatic N) is 2. The van der Waals surface area contributed by atoms with Crippen molar-refractivity contribution in [2.24, 2.45) is 5.92 Å². The van der Waals surface area contributed by atoms with Crippen molar-refractivity contribution in [2.45, 2.75) is 44.7 Å². The van der Waals surface area contributed by atoms with Gasteiger partial charge < -0.3 is 5.32 Å². The lowest BCUT2D eigenvalue weighted by Gasteiger charge is -2.29. The predicted molar refractivity (Wildman–Crippen MR) is 137 cm³/mol. The Hall–Kier alpha value is -2.88. The number of thioether (sulfide) groups is 1. The van der Waals surface area contributed by atoms with Gasteiger partial charge in [0.2, 0.25) is 0 Å². The van der Waals surface area contributed by atoms with E-state index in [4.69, 9.17) is 0 Å². The number of hydrogen-bond acceptors (Lipinski definition) is 7. The average Bonchev–Trinajstić information content (AvgIpc) is 3.49. The number of carbonyl (C=O) groups excluding carboxylic acids is 2. The summed E-state index contributed by atoms with van der Waals surface area (Å²) in [5, 5.41) is 7.59. The molecule has 0 unspecified atom stereocenters. The van der Waals surface area contributed by atoms with Crippen LogP contribution in [0.5, 0.6) is 0 Å². The van der Waals surface area contributed by atoms with Crippen molar-refractivity contribution in [3.63, 3.8) is 0 Å². The summed E-state index contributed by atoms with van der Waals surface area (Å²) in [5.74, 6) is 0.680. The molecule has 3 heterocycles. The molecule has 1 aromatic carbocycles. The van der Waals surface area contributed by atoms with Crippen LogP contribution >= 0.6 is 23.1 Å². The van der Waals surface area contributed by atoms with E-state index in [1.165, 1.54) is 6.07 Å². The number of carbonyl (C=O) groups is 2. The molecule has 3 aromatic rings. The molecule has 0 spiro atoms. The van der Waals surface area contributed by atoms with Crippen LogP contribution in [0, 0.1) is 11.7 Å². The summed E-state index contributed by atoms with van der Waals surface area (Å²) in [6, 6.07) is 11.2. The maximum absolute atomic E-state index is 13.9. The first-order valence-corrected chi connectivity index (χ1v) is 13.4. The van der Waals surface area contributed by atoms with E-state index in [0.29, 0.717) is 22.6 Å². The van der Waals surface area contributed by atoms with Gasteiger partial charge in [-0.05, 0) is 90.2 Å². The molecule has 1 aliphatic heterocycles. The van der Waals surface area contributed by atoms with E-state index in [0.717, 1.165) is 72.2 Å². The van der Waals surface area contributed by atoms with Crippen molar-refractivity contribution in [1.82, 2.24) is 20.6 Å². The van der Waals surface area contributed by atoms with Crippen molar-refractivity contribution in [3.8, 4) is 10.4 Å². The van der Waals surface area contributed by atoms with E-state index in [9.17, 15) is 14.0 Å². The first-order valence-electron chi connectivity index (χ1n) is 11.7. The minimum Gasteiger partial charge on any atom is -0.310 e. The van der Waals surface area contributed by atoms with Crippen LogP contribution in [0.25, 0.3) is 16.5 Å². The van der Waals surface area contributed by atoms with Crippen LogP contribution in [0.3, 0.4) is 0 Å². The van der Waals surface area contributed by atoms with Crippen LogP contribution in [0.2, 0.25) is 0 Å². The molecular weight excluding hydrogens is 483 g/mol. The Morgan fingerprint density at radius 2 is 2.00 bits per heavy atom. The third-order valence-electron chi connectivity index (χ3n) is 6.41. The van der Waals surface area contributed by atoms with E-state index >= 15 is 0 Å². The van der Waals surface area contributed by atoms with Gasteiger partial charge in [-0.25, -0.2) is 14.4 Å². The van der Waals surface area contributed by atoms with Crippen LogP contribution < -0.4 is 10.6 Å². The standard InChI is InChI=1S/C26H25FN4O2S2/c27-18-6-5-17(21(13-18)22-2-1-11-34-22)15-29-19-7-3-16(4-8-19)12-24-28-10-9-20(30-24)14-23-25(32)31-26(33)35-23/h1-2,5-6,9-11,13-14,16,19,29H,3-4,7-8,12,15H2,(H,31,32,33)/b23-14-. The summed E-state index contributed by atoms with van der Waals surface area (Å²) >= 11 is 2.52. The highest BCUT2D eigenvalue weighted by atomic mass is 32.2. The minimum atomic E-state index is -0.380. The molecule has 0 atom stereocenters. The highest BCUT2D eigenvalue weighted by Gasteiger charge is 2.26. The van der Waals surface area contributed by atoms with Crippen molar-refractivity contribution >= 4 is 40.3 Å². The van der Waals surface area contributed by atoms with Gasteiger partial charge >= 0.3 is 0 Å². The Kier molecular flexibility index (Phi) is 7.36. The first kappa shape index (κ1) is 23.8. The second kappa shape index (κ2) is 10.8. The van der Waals surface area contributed by atoms with E-state index in [1.807, 2.05) is 23.6 Å². The van der Waals surface area contributed by atoms with Crippen LogP contribution in [-0.2, 0) is 17.8 Å². The summed E-state index contributed by atoms with van der Waals surface area (Å²) in [4.78, 5) is 33.6. The summed E-state index contributed by atoms with van der Waals surface area (Å²) in [6.07, 6.45) is 8.45. The molecule has 2 aliphatic rings. The summed E-state index contributed by atoms with van der Waals surface area (Å²) in [5.41, 5.74) is 2.72. The normalized spacial score (nSPS) is 21.5. The topological polar surface area (TPSA) is 84.0 Å². The van der Waals surface area contributed by atoms with E-state index < -0.39 is 0 Å². The lowest BCUT2D eigenvalue weighted by molar-refractivity contribution is -0.115. The predicted octanol–water partition coefficient (Wildman–Crippen LogP) is 5.56. The molecule has 6 nitrogen and oxygen atoms in total. The minimum absolute atomic E-state index is 0.209. The molecule has 2 aromatic heterocycles. The van der Waals surface area contributed by atoms with Gasteiger partial charge in [0, 0.05) is 30.1 Å². The molecule has 2 N–H and O–H groups in total. The Balaban J connectivity index is 1.14. The first-order chi connectivity index (χ1) is 17.0. The molecule has 180 valence electrons. The second-order valence-electron chi connectivity index (χ2n) is 8.83. The molecule has 2 amide bonds. The zero-order valence-corrected chi connectivity index (χ0v) is 20.6. The van der Waals surface area contributed by atoms with Crippen LogP contribution in [-0.4, -0.2) is 27.2 Å². The van der Waals surface area contributed by atoms with E-state index in [-0.39, 0.29) is 17.0 Å². The number of aromatic nitrogens is 2. The quantitative estimate of drug-likeness (QED) is 0.407. The molecule has 35 heavy (non-hydrogen) atoms. The Morgan fingerprint density at radius 1 is 1.14 bits per heavy atom. The average molecular weight is 509 g/mol. The maximum Gasteiger partial charge on any atom is 0.290 e. The molecule has 5 rings (SSSR count). The zero-order valence-electron chi connectivity index (χ0n) is 19.0. The SMILES string of the molecule is O=C1NC(=O)/C(=C/c2ccnc(CC3CCC(NCc4ccc(F)cc4-c4cccs4)CC3)n2)S1. The van der Waals surface area contributed by atoms with E-state index in [2.05, 4.69) is 20.6 Å². The fourth-order valence-electron chi connectivity index (χ4n) is 4.60. The fourth-order valence-corrected chi connectivity index (χ4v) is 6.04. The lowest BCUT2D eigenvalue weighted by Crippen LogP contribution is -2.33. The van der Waals surface area contributed by atoms with Crippen LogP contribution in [0.15, 0.2) is 52.9 Å². The van der Waals surface area contributed by atoms with Crippen molar-refractivity contribution in [2.75, 3.05) is 0 Å². The lowest BCUT2D eigenvalue weighted by atomic mass is 9.84. The number of halogens is 1. The number of benzene rings is 1. The molecule has 1 saturated heterocycles. The number of rotatable bonds is 7. The van der Waals surface area contributed by atoms with Crippen molar-refractivity contribution in [1.29, 1.82) is 0 Å². The Morgan fingerprint density at radius 3 is 2.74 bits per heavy atom. The van der Waals surface area contributed by atoms with Gasteiger partial charge in [0.25, 0.3) is 11.1 Å². The molecule has 2 fully saturated rings. The molecule has 0 bridgehead atoms. The van der Waals surface area contributed by atoms with Gasteiger partial charge in [0.05, 0.1) is 10.6 Å². The maximum atomic E-state index is 13.9. The van der Waals surface area contributed by atoms with Crippen molar-refractivity contribution in [3.05, 3.63) is 75.8 Å².